The van der Waals surface area contributed by atoms with E-state index in [1.807, 2.05) is 6.20 Å². The lowest BCUT2D eigenvalue weighted by atomic mass is 10.1. The topological polar surface area (TPSA) is 64.3 Å². The monoisotopic (exact) mass is 224 g/mol. The summed E-state index contributed by atoms with van der Waals surface area (Å²) in [6.45, 7) is 0.954. The molecule has 0 amide bonds. The number of aliphatic carboxylic acids is 1. The molecule has 2 heterocycles. The molecular formula is C11H16N2O3. The van der Waals surface area contributed by atoms with Gasteiger partial charge >= 0.3 is 5.97 Å². The number of rotatable bonds is 4. The fourth-order valence-corrected chi connectivity index (χ4v) is 2.08. The quantitative estimate of drug-likeness (QED) is 0.839. The van der Waals surface area contributed by atoms with Crippen molar-refractivity contribution in [3.05, 3.63) is 17.7 Å². The third-order valence-electron chi connectivity index (χ3n) is 2.89. The van der Waals surface area contributed by atoms with E-state index in [-0.39, 0.29) is 12.5 Å². The van der Waals surface area contributed by atoms with Gasteiger partial charge in [0.15, 0.2) is 0 Å². The molecule has 0 aliphatic carbocycles. The molecule has 0 spiro atoms. The first-order valence-electron chi connectivity index (χ1n) is 5.51. The smallest absolute Gasteiger partial charge is 0.303 e. The molecule has 1 unspecified atom stereocenters. The molecule has 1 aliphatic rings. The number of carboxylic acids is 1. The Hall–Kier alpha value is -1.36. The zero-order valence-electron chi connectivity index (χ0n) is 9.35. The van der Waals surface area contributed by atoms with E-state index >= 15 is 0 Å². The van der Waals surface area contributed by atoms with Crippen LogP contribution in [-0.4, -0.2) is 27.7 Å². The Labute approximate surface area is 94.1 Å². The molecule has 5 heteroatoms. The predicted molar refractivity (Wildman–Crippen MR) is 57.2 cm³/mol. The first kappa shape index (κ1) is 11.1. The lowest BCUT2D eigenvalue weighted by Crippen LogP contribution is -2.16. The predicted octanol–water partition coefficient (Wildman–Crippen LogP) is 1.38. The van der Waals surface area contributed by atoms with E-state index in [0.29, 0.717) is 6.42 Å². The molecular weight excluding hydrogens is 208 g/mol. The van der Waals surface area contributed by atoms with E-state index in [4.69, 9.17) is 9.84 Å². The number of aromatic nitrogens is 2. The van der Waals surface area contributed by atoms with Crippen molar-refractivity contribution in [2.45, 2.75) is 38.3 Å². The normalized spacial score (nSPS) is 19.4. The van der Waals surface area contributed by atoms with Crippen molar-refractivity contribution >= 4 is 5.97 Å². The molecule has 1 aliphatic heterocycles. The van der Waals surface area contributed by atoms with Gasteiger partial charge in [0.25, 0.3) is 0 Å². The highest BCUT2D eigenvalue weighted by atomic mass is 16.5. The lowest BCUT2D eigenvalue weighted by Gasteiger charge is -2.21. The molecule has 0 fully saturated rings. The Bertz CT molecular complexity index is 387. The number of hydrogen-bond acceptors (Lipinski definition) is 3. The summed E-state index contributed by atoms with van der Waals surface area (Å²) in [4.78, 5) is 14.9. The summed E-state index contributed by atoms with van der Waals surface area (Å²) < 4.78 is 7.44. The van der Waals surface area contributed by atoms with Gasteiger partial charge in [-0.3, -0.25) is 4.79 Å². The highest BCUT2D eigenvalue weighted by Crippen LogP contribution is 2.27. The van der Waals surface area contributed by atoms with Crippen LogP contribution < -0.4 is 0 Å². The molecule has 1 N–H and O–H groups in total. The second kappa shape index (κ2) is 4.65. The highest BCUT2D eigenvalue weighted by Gasteiger charge is 2.22. The van der Waals surface area contributed by atoms with Gasteiger partial charge in [0.05, 0.1) is 12.1 Å². The van der Waals surface area contributed by atoms with Crippen LogP contribution in [0.2, 0.25) is 0 Å². The zero-order valence-corrected chi connectivity index (χ0v) is 9.35. The summed E-state index contributed by atoms with van der Waals surface area (Å²) in [6.07, 6.45) is 4.71. The maximum absolute atomic E-state index is 10.5. The Morgan fingerprint density at radius 1 is 1.75 bits per heavy atom. The van der Waals surface area contributed by atoms with Crippen LogP contribution in [0.15, 0.2) is 6.20 Å². The standard InChI is InChI=1S/C11H16N2O3/c1-16-9-3-2-6-13-7-8(12-11(9)13)4-5-10(14)15/h7,9H,2-6H2,1H3,(H,14,15). The summed E-state index contributed by atoms with van der Waals surface area (Å²) in [7, 11) is 1.69. The Morgan fingerprint density at radius 2 is 2.56 bits per heavy atom. The van der Waals surface area contributed by atoms with E-state index < -0.39 is 5.97 Å². The van der Waals surface area contributed by atoms with Crippen LogP contribution >= 0.6 is 0 Å². The molecule has 1 aromatic heterocycles. The zero-order chi connectivity index (χ0) is 11.5. The third-order valence-corrected chi connectivity index (χ3v) is 2.89. The number of methoxy groups -OCH3 is 1. The number of imidazole rings is 1. The Kier molecular flexibility index (Phi) is 3.24. The molecule has 0 radical (unpaired) electrons. The first-order valence-corrected chi connectivity index (χ1v) is 5.51. The summed E-state index contributed by atoms with van der Waals surface area (Å²) in [5.41, 5.74) is 0.848. The van der Waals surface area contributed by atoms with Gasteiger partial charge in [0, 0.05) is 26.3 Å². The van der Waals surface area contributed by atoms with Crippen LogP contribution in [0.1, 0.15) is 36.9 Å². The molecule has 2 rings (SSSR count). The van der Waals surface area contributed by atoms with Crippen LogP contribution in [-0.2, 0) is 22.5 Å². The average Bonchev–Trinajstić information content (AvgIpc) is 2.68. The fraction of sp³-hybridized carbons (Fsp3) is 0.636. The second-order valence-electron chi connectivity index (χ2n) is 4.04. The molecule has 0 saturated heterocycles. The minimum Gasteiger partial charge on any atom is -0.481 e. The Balaban J connectivity index is 2.12. The third kappa shape index (κ3) is 2.24. The lowest BCUT2D eigenvalue weighted by molar-refractivity contribution is -0.136. The maximum atomic E-state index is 10.5. The van der Waals surface area contributed by atoms with Crippen molar-refractivity contribution < 1.29 is 14.6 Å². The SMILES string of the molecule is COC1CCCn2cc(CCC(=O)O)nc21. The summed E-state index contributed by atoms with van der Waals surface area (Å²) in [6, 6.07) is 0. The number of hydrogen-bond donors (Lipinski definition) is 1. The molecule has 16 heavy (non-hydrogen) atoms. The van der Waals surface area contributed by atoms with Crippen molar-refractivity contribution in [1.29, 1.82) is 0 Å². The van der Waals surface area contributed by atoms with Gasteiger partial charge in [-0.25, -0.2) is 4.98 Å². The molecule has 0 saturated carbocycles. The van der Waals surface area contributed by atoms with Gasteiger partial charge in [-0.1, -0.05) is 0 Å². The molecule has 5 nitrogen and oxygen atoms in total. The van der Waals surface area contributed by atoms with Crippen molar-refractivity contribution in [3.8, 4) is 0 Å². The molecule has 1 aromatic rings. The largest absolute Gasteiger partial charge is 0.481 e. The number of nitrogens with zero attached hydrogens (tertiary/aromatic N) is 2. The fourth-order valence-electron chi connectivity index (χ4n) is 2.08. The number of carboxylic acid groups (broad SMARTS) is 1. The van der Waals surface area contributed by atoms with Crippen molar-refractivity contribution in [2.75, 3.05) is 7.11 Å². The van der Waals surface area contributed by atoms with E-state index in [9.17, 15) is 4.79 Å². The minimum absolute atomic E-state index is 0.0623. The van der Waals surface area contributed by atoms with Crippen LogP contribution in [0.5, 0.6) is 0 Å². The van der Waals surface area contributed by atoms with E-state index in [1.165, 1.54) is 0 Å². The average molecular weight is 224 g/mol. The molecule has 1 atom stereocenters. The van der Waals surface area contributed by atoms with Crippen LogP contribution in [0.4, 0.5) is 0 Å². The number of aryl methyl sites for hydroxylation is 2. The van der Waals surface area contributed by atoms with Gasteiger partial charge in [-0.05, 0) is 12.8 Å². The number of ether oxygens (including phenoxy) is 1. The van der Waals surface area contributed by atoms with Crippen molar-refractivity contribution in [1.82, 2.24) is 9.55 Å². The summed E-state index contributed by atoms with van der Waals surface area (Å²) >= 11 is 0. The number of carbonyl (C=O) groups is 1. The van der Waals surface area contributed by atoms with E-state index in [2.05, 4.69) is 9.55 Å². The first-order chi connectivity index (χ1) is 7.70. The van der Waals surface area contributed by atoms with Crippen LogP contribution in [0.25, 0.3) is 0 Å². The van der Waals surface area contributed by atoms with Gasteiger partial charge < -0.3 is 14.4 Å². The van der Waals surface area contributed by atoms with Crippen molar-refractivity contribution in [2.24, 2.45) is 0 Å². The minimum atomic E-state index is -0.783. The molecule has 0 bridgehead atoms. The van der Waals surface area contributed by atoms with Gasteiger partial charge in [0.2, 0.25) is 0 Å². The van der Waals surface area contributed by atoms with E-state index in [0.717, 1.165) is 30.9 Å². The van der Waals surface area contributed by atoms with Gasteiger partial charge in [-0.15, -0.1) is 0 Å². The molecule has 0 aromatic carbocycles. The summed E-state index contributed by atoms with van der Waals surface area (Å²) in [5.74, 6) is 0.156. The molecule has 88 valence electrons. The van der Waals surface area contributed by atoms with Gasteiger partial charge in [0.1, 0.15) is 11.9 Å². The van der Waals surface area contributed by atoms with E-state index in [1.54, 1.807) is 7.11 Å². The van der Waals surface area contributed by atoms with Crippen LogP contribution in [0, 0.1) is 0 Å². The van der Waals surface area contributed by atoms with Crippen LogP contribution in [0.3, 0.4) is 0 Å². The highest BCUT2D eigenvalue weighted by molar-refractivity contribution is 5.66. The Morgan fingerprint density at radius 3 is 3.25 bits per heavy atom. The second-order valence-corrected chi connectivity index (χ2v) is 4.04. The van der Waals surface area contributed by atoms with Crippen molar-refractivity contribution in [3.63, 3.8) is 0 Å². The summed E-state index contributed by atoms with van der Waals surface area (Å²) in [5, 5.41) is 8.62. The van der Waals surface area contributed by atoms with Gasteiger partial charge in [-0.2, -0.15) is 0 Å². The maximum Gasteiger partial charge on any atom is 0.303 e. The number of fused-ring (bicyclic) bond motifs is 1.